The van der Waals surface area contributed by atoms with Gasteiger partial charge in [-0.2, -0.15) is 0 Å². The highest BCUT2D eigenvalue weighted by Crippen LogP contribution is 2.19. The lowest BCUT2D eigenvalue weighted by molar-refractivity contribution is -0.139. The molecule has 5 heteroatoms. The van der Waals surface area contributed by atoms with Crippen LogP contribution in [0.4, 0.5) is 0 Å². The van der Waals surface area contributed by atoms with Crippen LogP contribution >= 0.6 is 11.8 Å². The summed E-state index contributed by atoms with van der Waals surface area (Å²) in [4.78, 5) is 24.0. The molecule has 0 aliphatic carbocycles. The number of thioether (sulfide) groups is 1. The van der Waals surface area contributed by atoms with Crippen molar-refractivity contribution < 1.29 is 14.3 Å². The van der Waals surface area contributed by atoms with Crippen molar-refractivity contribution >= 4 is 23.6 Å². The van der Waals surface area contributed by atoms with E-state index in [-0.39, 0.29) is 22.4 Å². The molecule has 0 spiro atoms. The van der Waals surface area contributed by atoms with Gasteiger partial charge in [0.1, 0.15) is 5.25 Å². The van der Waals surface area contributed by atoms with Gasteiger partial charge in [-0.25, -0.2) is 0 Å². The largest absolute Gasteiger partial charge is 0.468 e. The van der Waals surface area contributed by atoms with Crippen molar-refractivity contribution in [2.24, 2.45) is 0 Å². The van der Waals surface area contributed by atoms with Gasteiger partial charge in [0.15, 0.2) is 0 Å². The summed E-state index contributed by atoms with van der Waals surface area (Å²) in [6.45, 7) is 3.52. The number of ether oxygens (including phenoxy) is 1. The molecule has 1 amide bonds. The second kappa shape index (κ2) is 5.90. The summed E-state index contributed by atoms with van der Waals surface area (Å²) in [5.41, 5.74) is 0. The molecule has 82 valence electrons. The van der Waals surface area contributed by atoms with Gasteiger partial charge in [0.25, 0.3) is 0 Å². The highest BCUT2D eigenvalue weighted by Gasteiger charge is 2.22. The Morgan fingerprint density at radius 3 is 2.07 bits per heavy atom. The molecule has 0 aromatic heterocycles. The zero-order valence-electron chi connectivity index (χ0n) is 9.23. The van der Waals surface area contributed by atoms with E-state index in [1.165, 1.54) is 23.8 Å². The third kappa shape index (κ3) is 4.00. The van der Waals surface area contributed by atoms with Crippen molar-refractivity contribution in [3.8, 4) is 0 Å². The topological polar surface area (TPSA) is 46.6 Å². The van der Waals surface area contributed by atoms with E-state index in [1.54, 1.807) is 27.9 Å². The number of carbonyl (C=O) groups is 2. The quantitative estimate of drug-likeness (QED) is 0.655. The van der Waals surface area contributed by atoms with Crippen molar-refractivity contribution in [2.45, 2.75) is 24.3 Å². The van der Waals surface area contributed by atoms with Crippen LogP contribution in [0.2, 0.25) is 0 Å². The minimum absolute atomic E-state index is 0.00533. The first-order valence-corrected chi connectivity index (χ1v) is 5.28. The molecule has 0 bridgehead atoms. The molecular weight excluding hydrogens is 202 g/mol. The van der Waals surface area contributed by atoms with Crippen LogP contribution in [0.25, 0.3) is 0 Å². The number of hydrogen-bond donors (Lipinski definition) is 0. The number of methoxy groups -OCH3 is 1. The Bertz CT molecular complexity index is 218. The average Bonchev–Trinajstić information content (AvgIpc) is 2.14. The van der Waals surface area contributed by atoms with E-state index in [0.717, 1.165) is 0 Å². The molecule has 0 aliphatic rings. The number of carbonyl (C=O) groups excluding carboxylic acids is 2. The van der Waals surface area contributed by atoms with Crippen LogP contribution in [0.1, 0.15) is 13.8 Å². The molecule has 0 aliphatic heterocycles. The maximum atomic E-state index is 11.4. The number of hydrogen-bond acceptors (Lipinski definition) is 4. The monoisotopic (exact) mass is 219 g/mol. The van der Waals surface area contributed by atoms with Gasteiger partial charge in [-0.05, 0) is 13.8 Å². The standard InChI is InChI=1S/C9H17NO3S/c1-6(8(11)10(3)4)14-7(2)9(12)13-5/h6-7H,1-5H3/t6-,7+/m0/s1. The molecule has 0 heterocycles. The lowest BCUT2D eigenvalue weighted by Crippen LogP contribution is -2.32. The van der Waals surface area contributed by atoms with Crippen molar-refractivity contribution in [1.82, 2.24) is 4.90 Å². The Kier molecular flexibility index (Phi) is 5.60. The molecule has 14 heavy (non-hydrogen) atoms. The highest BCUT2D eigenvalue weighted by molar-refractivity contribution is 8.01. The zero-order valence-corrected chi connectivity index (χ0v) is 10.1. The molecule has 0 N–H and O–H groups in total. The molecule has 0 saturated carbocycles. The van der Waals surface area contributed by atoms with Crippen LogP contribution in [0, 0.1) is 0 Å². The Morgan fingerprint density at radius 2 is 1.71 bits per heavy atom. The zero-order chi connectivity index (χ0) is 11.3. The lowest BCUT2D eigenvalue weighted by atomic mass is 10.4. The van der Waals surface area contributed by atoms with Crippen LogP contribution in [0.15, 0.2) is 0 Å². The highest BCUT2D eigenvalue weighted by atomic mass is 32.2. The first kappa shape index (κ1) is 13.3. The second-order valence-corrected chi connectivity index (χ2v) is 4.86. The summed E-state index contributed by atoms with van der Waals surface area (Å²) in [6, 6.07) is 0. The fourth-order valence-corrected chi connectivity index (χ4v) is 2.10. The van der Waals surface area contributed by atoms with Crippen LogP contribution < -0.4 is 0 Å². The lowest BCUT2D eigenvalue weighted by Gasteiger charge is -2.18. The van der Waals surface area contributed by atoms with Gasteiger partial charge in [0, 0.05) is 14.1 Å². The van der Waals surface area contributed by atoms with Crippen molar-refractivity contribution in [3.63, 3.8) is 0 Å². The number of nitrogens with zero attached hydrogens (tertiary/aromatic N) is 1. The Hall–Kier alpha value is -0.710. The summed E-state index contributed by atoms with van der Waals surface area (Å²) >= 11 is 1.30. The Labute approximate surface area is 89.0 Å². The predicted molar refractivity (Wildman–Crippen MR) is 57.2 cm³/mol. The molecule has 0 aromatic rings. The van der Waals surface area contributed by atoms with E-state index in [9.17, 15) is 9.59 Å². The summed E-state index contributed by atoms with van der Waals surface area (Å²) in [5.74, 6) is -0.292. The number of rotatable bonds is 4. The molecule has 0 saturated heterocycles. The molecule has 0 fully saturated rings. The van der Waals surface area contributed by atoms with Gasteiger partial charge < -0.3 is 9.64 Å². The number of amides is 1. The first-order valence-electron chi connectivity index (χ1n) is 4.34. The van der Waals surface area contributed by atoms with Crippen LogP contribution in [0.3, 0.4) is 0 Å². The van der Waals surface area contributed by atoms with E-state index >= 15 is 0 Å². The average molecular weight is 219 g/mol. The van der Waals surface area contributed by atoms with E-state index in [0.29, 0.717) is 0 Å². The maximum Gasteiger partial charge on any atom is 0.318 e. The van der Waals surface area contributed by atoms with Gasteiger partial charge in [0.2, 0.25) is 5.91 Å². The first-order chi connectivity index (χ1) is 6.40. The number of esters is 1. The minimum atomic E-state index is -0.307. The molecule has 4 nitrogen and oxygen atoms in total. The fourth-order valence-electron chi connectivity index (χ4n) is 0.950. The molecule has 0 unspecified atom stereocenters. The second-order valence-electron chi connectivity index (χ2n) is 3.18. The maximum absolute atomic E-state index is 11.4. The van der Waals surface area contributed by atoms with Crippen LogP contribution in [0.5, 0.6) is 0 Å². The Balaban J connectivity index is 4.12. The van der Waals surface area contributed by atoms with Gasteiger partial charge >= 0.3 is 5.97 Å². The van der Waals surface area contributed by atoms with Crippen LogP contribution in [-0.4, -0.2) is 48.5 Å². The van der Waals surface area contributed by atoms with Gasteiger partial charge in [0.05, 0.1) is 12.4 Å². The van der Waals surface area contributed by atoms with Crippen molar-refractivity contribution in [2.75, 3.05) is 21.2 Å². The minimum Gasteiger partial charge on any atom is -0.468 e. The summed E-state index contributed by atoms with van der Waals surface area (Å²) in [7, 11) is 4.74. The fraction of sp³-hybridized carbons (Fsp3) is 0.778. The van der Waals surface area contributed by atoms with Gasteiger partial charge in [-0.1, -0.05) is 0 Å². The summed E-state index contributed by atoms with van der Waals surface area (Å²) in [6.07, 6.45) is 0. The summed E-state index contributed by atoms with van der Waals surface area (Å²) < 4.78 is 4.57. The molecule has 0 aromatic carbocycles. The molecule has 2 atom stereocenters. The van der Waals surface area contributed by atoms with Gasteiger partial charge in [-0.3, -0.25) is 9.59 Å². The summed E-state index contributed by atoms with van der Waals surface area (Å²) in [5, 5.41) is -0.530. The smallest absolute Gasteiger partial charge is 0.318 e. The van der Waals surface area contributed by atoms with E-state index in [1.807, 2.05) is 0 Å². The molecule has 0 radical (unpaired) electrons. The van der Waals surface area contributed by atoms with Crippen molar-refractivity contribution in [1.29, 1.82) is 0 Å². The molecule has 0 rings (SSSR count). The Morgan fingerprint density at radius 1 is 1.21 bits per heavy atom. The van der Waals surface area contributed by atoms with E-state index in [4.69, 9.17) is 0 Å². The van der Waals surface area contributed by atoms with E-state index < -0.39 is 0 Å². The van der Waals surface area contributed by atoms with Crippen LogP contribution in [-0.2, 0) is 14.3 Å². The van der Waals surface area contributed by atoms with Crippen molar-refractivity contribution in [3.05, 3.63) is 0 Å². The van der Waals surface area contributed by atoms with E-state index in [2.05, 4.69) is 4.74 Å². The van der Waals surface area contributed by atoms with Gasteiger partial charge in [-0.15, -0.1) is 11.8 Å². The predicted octanol–water partition coefficient (Wildman–Crippen LogP) is 0.758. The SMILES string of the molecule is COC(=O)[C@@H](C)S[C@@H](C)C(=O)N(C)C. The molecular formula is C9H17NO3S. The third-order valence-corrected chi connectivity index (χ3v) is 2.94. The normalized spacial score (nSPS) is 14.4. The third-order valence-electron chi connectivity index (χ3n) is 1.73.